The van der Waals surface area contributed by atoms with Crippen LogP contribution in [0, 0.1) is 5.82 Å². The smallest absolute Gasteiger partial charge is 0.325 e. The molecule has 1 aliphatic heterocycles. The topological polar surface area (TPSA) is 59.2 Å². The second kappa shape index (κ2) is 4.73. The number of rotatable bonds is 2. The fraction of sp³-hybridized carbons (Fsp3) is 0.250. The first-order valence-electron chi connectivity index (χ1n) is 5.67. The lowest BCUT2D eigenvalue weighted by Crippen LogP contribution is -2.24. The molecule has 2 aromatic rings. The Morgan fingerprint density at radius 2 is 2.05 bits per heavy atom. The molecule has 1 aromatic carbocycles. The predicted molar refractivity (Wildman–Crippen MR) is 69.4 cm³/mol. The maximum Gasteiger partial charge on any atom is 0.325 e. The van der Waals surface area contributed by atoms with Gasteiger partial charge in [0.25, 0.3) is 0 Å². The molecule has 1 amide bonds. The molecular weight excluding hydrogens is 317 g/mol. The number of benzene rings is 1. The minimum Gasteiger partial charge on any atom is -0.403 e. The molecule has 0 radical (unpaired) electrons. The highest BCUT2D eigenvalue weighted by atomic mass is 79.9. The van der Waals surface area contributed by atoms with Crippen LogP contribution in [0.3, 0.4) is 0 Å². The first kappa shape index (κ1) is 12.3. The van der Waals surface area contributed by atoms with Crippen molar-refractivity contribution in [2.24, 2.45) is 0 Å². The van der Waals surface area contributed by atoms with Gasteiger partial charge >= 0.3 is 6.01 Å². The fourth-order valence-electron chi connectivity index (χ4n) is 1.88. The Balaban J connectivity index is 1.87. The van der Waals surface area contributed by atoms with Gasteiger partial charge in [0.2, 0.25) is 11.8 Å². The Morgan fingerprint density at radius 3 is 2.68 bits per heavy atom. The van der Waals surface area contributed by atoms with E-state index >= 15 is 0 Å². The summed E-state index contributed by atoms with van der Waals surface area (Å²) in [5, 5.41) is 7.73. The Bertz CT molecular complexity index is 614. The quantitative estimate of drug-likeness (QED) is 0.795. The summed E-state index contributed by atoms with van der Waals surface area (Å²) in [7, 11) is 0. The number of carbonyl (C=O) groups is 1. The minimum atomic E-state index is -0.333. The van der Waals surface area contributed by atoms with E-state index in [2.05, 4.69) is 26.1 Å². The molecule has 2 heterocycles. The average Bonchev–Trinajstić information content (AvgIpc) is 2.97. The molecule has 3 rings (SSSR count). The van der Waals surface area contributed by atoms with E-state index in [0.29, 0.717) is 18.5 Å². The van der Waals surface area contributed by atoms with Gasteiger partial charge in [0.15, 0.2) is 0 Å². The van der Waals surface area contributed by atoms with Crippen LogP contribution in [0.1, 0.15) is 6.42 Å². The molecule has 0 N–H and O–H groups in total. The molecule has 0 saturated carbocycles. The lowest BCUT2D eigenvalue weighted by Gasteiger charge is -2.08. The molecular formula is C12H9BrFN3O2. The largest absolute Gasteiger partial charge is 0.403 e. The van der Waals surface area contributed by atoms with E-state index in [1.807, 2.05) is 0 Å². The second-order valence-corrected chi connectivity index (χ2v) is 5.50. The summed E-state index contributed by atoms with van der Waals surface area (Å²) in [6.07, 6.45) is 0.411. The Morgan fingerprint density at radius 1 is 1.32 bits per heavy atom. The van der Waals surface area contributed by atoms with Crippen molar-refractivity contribution in [1.29, 1.82) is 0 Å². The summed E-state index contributed by atoms with van der Waals surface area (Å²) in [4.78, 5) is 13.2. The van der Waals surface area contributed by atoms with Crippen LogP contribution >= 0.6 is 15.9 Å². The average molecular weight is 326 g/mol. The zero-order valence-electron chi connectivity index (χ0n) is 9.72. The minimum absolute atomic E-state index is 0.0591. The number of aromatic nitrogens is 2. The van der Waals surface area contributed by atoms with Gasteiger partial charge in [-0.15, -0.1) is 5.10 Å². The Hall–Kier alpha value is -1.76. The number of halogens is 2. The van der Waals surface area contributed by atoms with Crippen LogP contribution in [-0.2, 0) is 4.79 Å². The van der Waals surface area contributed by atoms with Gasteiger partial charge in [0, 0.05) is 23.4 Å². The summed E-state index contributed by atoms with van der Waals surface area (Å²) in [6, 6.07) is 5.90. The van der Waals surface area contributed by atoms with Crippen molar-refractivity contribution in [3.63, 3.8) is 0 Å². The van der Waals surface area contributed by atoms with Crippen LogP contribution in [0.2, 0.25) is 0 Å². The first-order valence-corrected chi connectivity index (χ1v) is 6.59. The van der Waals surface area contributed by atoms with Crippen molar-refractivity contribution in [2.45, 2.75) is 11.2 Å². The first-order chi connectivity index (χ1) is 9.13. The van der Waals surface area contributed by atoms with Gasteiger partial charge in [-0.3, -0.25) is 9.69 Å². The molecule has 0 spiro atoms. The van der Waals surface area contributed by atoms with Gasteiger partial charge in [-0.25, -0.2) is 4.39 Å². The van der Waals surface area contributed by atoms with Gasteiger partial charge in [-0.1, -0.05) is 21.0 Å². The zero-order chi connectivity index (χ0) is 13.4. The summed E-state index contributed by atoms with van der Waals surface area (Å²) in [5.74, 6) is -0.127. The standard InChI is InChI=1S/C12H9BrFN3O2/c13-8-5-10(18)17(6-8)12-16-15-11(19-12)7-1-3-9(14)4-2-7/h1-4,8H,5-6H2. The van der Waals surface area contributed by atoms with E-state index in [9.17, 15) is 9.18 Å². The van der Waals surface area contributed by atoms with E-state index < -0.39 is 0 Å². The van der Waals surface area contributed by atoms with Crippen LogP contribution in [0.15, 0.2) is 28.7 Å². The third-order valence-corrected chi connectivity index (χ3v) is 3.43. The van der Waals surface area contributed by atoms with E-state index in [1.165, 1.54) is 17.0 Å². The van der Waals surface area contributed by atoms with Crippen molar-refractivity contribution in [3.05, 3.63) is 30.1 Å². The third-order valence-electron chi connectivity index (χ3n) is 2.81. The molecule has 1 aromatic heterocycles. The number of alkyl halides is 1. The molecule has 5 nitrogen and oxygen atoms in total. The second-order valence-electron chi connectivity index (χ2n) is 4.20. The highest BCUT2D eigenvalue weighted by Gasteiger charge is 2.32. The van der Waals surface area contributed by atoms with Gasteiger partial charge in [0.1, 0.15) is 5.82 Å². The molecule has 1 atom stereocenters. The molecule has 1 saturated heterocycles. The molecule has 19 heavy (non-hydrogen) atoms. The maximum atomic E-state index is 12.8. The summed E-state index contributed by atoms with van der Waals surface area (Å²) < 4.78 is 18.3. The number of nitrogens with zero attached hydrogens (tertiary/aromatic N) is 3. The number of hydrogen-bond donors (Lipinski definition) is 0. The molecule has 1 aliphatic rings. The zero-order valence-corrected chi connectivity index (χ0v) is 11.3. The SMILES string of the molecule is O=C1CC(Br)CN1c1nnc(-c2ccc(F)cc2)o1. The van der Waals surface area contributed by atoms with Crippen molar-refractivity contribution in [3.8, 4) is 11.5 Å². The maximum absolute atomic E-state index is 12.8. The van der Waals surface area contributed by atoms with Crippen LogP contribution in [-0.4, -0.2) is 27.5 Å². The van der Waals surface area contributed by atoms with Crippen LogP contribution in [0.5, 0.6) is 0 Å². The van der Waals surface area contributed by atoms with Crippen LogP contribution < -0.4 is 4.90 Å². The predicted octanol–water partition coefficient (Wildman–Crippen LogP) is 2.38. The van der Waals surface area contributed by atoms with Gasteiger partial charge in [-0.05, 0) is 24.3 Å². The normalized spacial score (nSPS) is 19.2. The van der Waals surface area contributed by atoms with Crippen molar-refractivity contribution in [2.75, 3.05) is 11.4 Å². The van der Waals surface area contributed by atoms with Crippen molar-refractivity contribution in [1.82, 2.24) is 10.2 Å². The number of anilines is 1. The number of carbonyl (C=O) groups excluding carboxylic acids is 1. The molecule has 1 fully saturated rings. The van der Waals surface area contributed by atoms with E-state index in [-0.39, 0.29) is 28.5 Å². The van der Waals surface area contributed by atoms with Gasteiger partial charge < -0.3 is 4.42 Å². The lowest BCUT2D eigenvalue weighted by atomic mass is 10.2. The lowest BCUT2D eigenvalue weighted by molar-refractivity contribution is -0.117. The Kier molecular flexibility index (Phi) is 3.06. The molecule has 0 bridgehead atoms. The molecule has 98 valence electrons. The van der Waals surface area contributed by atoms with E-state index in [4.69, 9.17) is 4.42 Å². The number of amides is 1. The molecule has 7 heteroatoms. The van der Waals surface area contributed by atoms with Crippen molar-refractivity contribution >= 4 is 27.9 Å². The molecule has 1 unspecified atom stereocenters. The van der Waals surface area contributed by atoms with E-state index in [1.54, 1.807) is 12.1 Å². The summed E-state index contributed by atoms with van der Waals surface area (Å²) in [6.45, 7) is 0.504. The highest BCUT2D eigenvalue weighted by molar-refractivity contribution is 9.09. The highest BCUT2D eigenvalue weighted by Crippen LogP contribution is 2.27. The fourth-order valence-corrected chi connectivity index (χ4v) is 2.45. The summed E-state index contributed by atoms with van der Waals surface area (Å²) >= 11 is 3.38. The monoisotopic (exact) mass is 325 g/mol. The van der Waals surface area contributed by atoms with Gasteiger partial charge in [0.05, 0.1) is 0 Å². The van der Waals surface area contributed by atoms with Crippen LogP contribution in [0.25, 0.3) is 11.5 Å². The Labute approximate surface area is 116 Å². The van der Waals surface area contributed by atoms with Crippen molar-refractivity contribution < 1.29 is 13.6 Å². The number of hydrogen-bond acceptors (Lipinski definition) is 4. The van der Waals surface area contributed by atoms with E-state index in [0.717, 1.165) is 0 Å². The summed E-state index contributed by atoms with van der Waals surface area (Å²) in [5.41, 5.74) is 0.613. The third kappa shape index (κ3) is 2.37. The van der Waals surface area contributed by atoms with Crippen LogP contribution in [0.4, 0.5) is 10.4 Å². The molecule has 0 aliphatic carbocycles. The van der Waals surface area contributed by atoms with Gasteiger partial charge in [-0.2, -0.15) is 0 Å².